The molecule has 0 radical (unpaired) electrons. The van der Waals surface area contributed by atoms with Crippen LogP contribution >= 0.6 is 0 Å². The summed E-state index contributed by atoms with van der Waals surface area (Å²) in [4.78, 5) is 11.9. The van der Waals surface area contributed by atoms with Crippen LogP contribution in [0.2, 0.25) is 0 Å². The molecule has 2 aromatic carbocycles. The van der Waals surface area contributed by atoms with Crippen LogP contribution in [0.3, 0.4) is 0 Å². The van der Waals surface area contributed by atoms with E-state index in [0.717, 1.165) is 0 Å². The fourth-order valence-electron chi connectivity index (χ4n) is 2.31. The first-order valence-corrected chi connectivity index (χ1v) is 10.00. The summed E-state index contributed by atoms with van der Waals surface area (Å²) in [7, 11) is -2.44. The highest BCUT2D eigenvalue weighted by Crippen LogP contribution is 2.23. The largest absolute Gasteiger partial charge is 0.491 e. The fourth-order valence-corrected chi connectivity index (χ4v) is 3.24. The van der Waals surface area contributed by atoms with Gasteiger partial charge in [-0.25, -0.2) is 0 Å². The molecule has 0 spiro atoms. The standard InChI is InChI=1S/C20H19NO7S/c1-25-13-14-26-16-8-10-18(11-9-16)29(23,24)28-17-6-4-15(5-7-17)21-20(22)19-3-2-12-27-19/h2-12H,13-14H2,1H3,(H,21,22). The van der Waals surface area contributed by atoms with Crippen LogP contribution in [-0.2, 0) is 14.9 Å². The van der Waals surface area contributed by atoms with Crippen molar-refractivity contribution in [2.45, 2.75) is 4.90 Å². The lowest BCUT2D eigenvalue weighted by atomic mass is 10.3. The highest BCUT2D eigenvalue weighted by molar-refractivity contribution is 7.87. The minimum absolute atomic E-state index is 0.00760. The molecule has 0 aliphatic carbocycles. The number of ether oxygens (including phenoxy) is 2. The van der Waals surface area contributed by atoms with Crippen LogP contribution in [0.25, 0.3) is 0 Å². The quantitative estimate of drug-likeness (QED) is 0.421. The Kier molecular flexibility index (Phi) is 6.53. The second kappa shape index (κ2) is 9.26. The van der Waals surface area contributed by atoms with E-state index >= 15 is 0 Å². The van der Waals surface area contributed by atoms with Gasteiger partial charge in [0.1, 0.15) is 23.0 Å². The van der Waals surface area contributed by atoms with Crippen molar-refractivity contribution in [1.82, 2.24) is 0 Å². The van der Waals surface area contributed by atoms with Gasteiger partial charge in [0.05, 0.1) is 12.9 Å². The van der Waals surface area contributed by atoms with E-state index in [2.05, 4.69) is 5.32 Å². The number of carbonyl (C=O) groups excluding carboxylic acids is 1. The van der Waals surface area contributed by atoms with E-state index in [1.807, 2.05) is 0 Å². The van der Waals surface area contributed by atoms with Gasteiger partial charge < -0.3 is 23.4 Å². The monoisotopic (exact) mass is 417 g/mol. The van der Waals surface area contributed by atoms with E-state index in [0.29, 0.717) is 24.7 Å². The Morgan fingerprint density at radius 2 is 1.66 bits per heavy atom. The lowest BCUT2D eigenvalue weighted by Gasteiger charge is -2.09. The molecule has 1 aromatic heterocycles. The summed E-state index contributed by atoms with van der Waals surface area (Å²) in [6.45, 7) is 0.795. The second-order valence-electron chi connectivity index (χ2n) is 5.81. The zero-order valence-corrected chi connectivity index (χ0v) is 16.3. The van der Waals surface area contributed by atoms with Crippen molar-refractivity contribution in [2.24, 2.45) is 0 Å². The molecule has 3 rings (SSSR count). The molecule has 152 valence electrons. The summed E-state index contributed by atoms with van der Waals surface area (Å²) in [6, 6.07) is 15.0. The summed E-state index contributed by atoms with van der Waals surface area (Å²) >= 11 is 0. The summed E-state index contributed by atoms with van der Waals surface area (Å²) in [6.07, 6.45) is 1.40. The van der Waals surface area contributed by atoms with E-state index in [-0.39, 0.29) is 16.4 Å². The smallest absolute Gasteiger partial charge is 0.339 e. The van der Waals surface area contributed by atoms with Crippen molar-refractivity contribution in [3.8, 4) is 11.5 Å². The Labute approximate surface area is 168 Å². The molecule has 0 aliphatic heterocycles. The van der Waals surface area contributed by atoms with Gasteiger partial charge in [-0.2, -0.15) is 8.42 Å². The third-order valence-corrected chi connectivity index (χ3v) is 4.99. The van der Waals surface area contributed by atoms with Gasteiger partial charge in [0, 0.05) is 12.8 Å². The van der Waals surface area contributed by atoms with Gasteiger partial charge in [0.15, 0.2) is 5.76 Å². The first kappa shape index (κ1) is 20.4. The number of carbonyl (C=O) groups is 1. The normalized spacial score (nSPS) is 11.1. The van der Waals surface area contributed by atoms with Crippen molar-refractivity contribution in [1.29, 1.82) is 0 Å². The van der Waals surface area contributed by atoms with Gasteiger partial charge in [-0.05, 0) is 60.7 Å². The minimum Gasteiger partial charge on any atom is -0.491 e. The van der Waals surface area contributed by atoms with Crippen LogP contribution in [-0.4, -0.2) is 34.6 Å². The van der Waals surface area contributed by atoms with Crippen molar-refractivity contribution in [2.75, 3.05) is 25.6 Å². The second-order valence-corrected chi connectivity index (χ2v) is 7.35. The van der Waals surface area contributed by atoms with Crippen molar-refractivity contribution >= 4 is 21.7 Å². The van der Waals surface area contributed by atoms with E-state index in [9.17, 15) is 13.2 Å². The number of hydrogen-bond acceptors (Lipinski definition) is 7. The lowest BCUT2D eigenvalue weighted by molar-refractivity contribution is 0.0996. The zero-order valence-electron chi connectivity index (χ0n) is 15.5. The summed E-state index contributed by atoms with van der Waals surface area (Å²) in [5, 5.41) is 2.63. The molecule has 0 saturated heterocycles. The minimum atomic E-state index is -4.01. The number of benzene rings is 2. The number of amides is 1. The zero-order chi connectivity index (χ0) is 20.7. The van der Waals surface area contributed by atoms with Gasteiger partial charge in [-0.15, -0.1) is 0 Å². The summed E-state index contributed by atoms with van der Waals surface area (Å²) < 4.78 is 45.3. The Bertz CT molecular complexity index is 1030. The molecule has 29 heavy (non-hydrogen) atoms. The fraction of sp³-hybridized carbons (Fsp3) is 0.150. The third-order valence-electron chi connectivity index (χ3n) is 3.73. The van der Waals surface area contributed by atoms with Crippen LogP contribution in [0.15, 0.2) is 76.2 Å². The number of anilines is 1. The molecule has 1 amide bonds. The van der Waals surface area contributed by atoms with Crippen molar-refractivity contribution in [3.05, 3.63) is 72.7 Å². The molecular weight excluding hydrogens is 398 g/mol. The number of furan rings is 1. The van der Waals surface area contributed by atoms with Crippen LogP contribution in [0.4, 0.5) is 5.69 Å². The molecule has 8 nitrogen and oxygen atoms in total. The molecule has 0 atom stereocenters. The molecular formula is C20H19NO7S. The van der Waals surface area contributed by atoms with E-state index < -0.39 is 16.0 Å². The van der Waals surface area contributed by atoms with Gasteiger partial charge in [-0.1, -0.05) is 0 Å². The first-order valence-electron chi connectivity index (χ1n) is 8.59. The number of nitrogens with one attached hydrogen (secondary N) is 1. The predicted octanol–water partition coefficient (Wildman–Crippen LogP) is 3.32. The van der Waals surface area contributed by atoms with E-state index in [1.54, 1.807) is 25.3 Å². The maximum absolute atomic E-state index is 12.4. The van der Waals surface area contributed by atoms with E-state index in [4.69, 9.17) is 18.1 Å². The van der Waals surface area contributed by atoms with E-state index in [1.165, 1.54) is 48.7 Å². The topological polar surface area (TPSA) is 104 Å². The molecule has 0 aliphatic rings. The SMILES string of the molecule is COCCOc1ccc(S(=O)(=O)Oc2ccc(NC(=O)c3ccco3)cc2)cc1. The van der Waals surface area contributed by atoms with Crippen LogP contribution < -0.4 is 14.2 Å². The molecule has 0 unspecified atom stereocenters. The third kappa shape index (κ3) is 5.59. The maximum atomic E-state index is 12.4. The molecule has 9 heteroatoms. The van der Waals surface area contributed by atoms with Gasteiger partial charge in [0.25, 0.3) is 5.91 Å². The molecule has 3 aromatic rings. The molecule has 0 fully saturated rings. The number of methoxy groups -OCH3 is 1. The number of rotatable bonds is 9. The van der Waals surface area contributed by atoms with Crippen LogP contribution in [0.1, 0.15) is 10.6 Å². The number of hydrogen-bond donors (Lipinski definition) is 1. The Morgan fingerprint density at radius 3 is 2.28 bits per heavy atom. The van der Waals surface area contributed by atoms with Crippen LogP contribution in [0, 0.1) is 0 Å². The van der Waals surface area contributed by atoms with Gasteiger partial charge >= 0.3 is 10.1 Å². The predicted molar refractivity (Wildman–Crippen MR) is 105 cm³/mol. The Balaban J connectivity index is 1.61. The highest BCUT2D eigenvalue weighted by atomic mass is 32.2. The van der Waals surface area contributed by atoms with Gasteiger partial charge in [-0.3, -0.25) is 4.79 Å². The molecule has 0 bridgehead atoms. The maximum Gasteiger partial charge on any atom is 0.339 e. The van der Waals surface area contributed by atoms with Crippen LogP contribution in [0.5, 0.6) is 11.5 Å². The Morgan fingerprint density at radius 1 is 0.966 bits per heavy atom. The van der Waals surface area contributed by atoms with Crippen molar-refractivity contribution in [3.63, 3.8) is 0 Å². The average molecular weight is 417 g/mol. The molecule has 1 heterocycles. The Hall–Kier alpha value is -3.30. The lowest BCUT2D eigenvalue weighted by Crippen LogP contribution is -2.11. The molecule has 1 N–H and O–H groups in total. The van der Waals surface area contributed by atoms with Crippen molar-refractivity contribution < 1.29 is 31.3 Å². The summed E-state index contributed by atoms with van der Waals surface area (Å²) in [5.41, 5.74) is 0.466. The highest BCUT2D eigenvalue weighted by Gasteiger charge is 2.17. The summed E-state index contributed by atoms with van der Waals surface area (Å²) in [5.74, 6) is 0.394. The molecule has 0 saturated carbocycles. The first-order chi connectivity index (χ1) is 14.0. The average Bonchev–Trinajstić information content (AvgIpc) is 3.25. The van der Waals surface area contributed by atoms with Gasteiger partial charge in [0.2, 0.25) is 0 Å².